The van der Waals surface area contributed by atoms with Gasteiger partial charge in [0.05, 0.1) is 0 Å². The Morgan fingerprint density at radius 3 is 2.80 bits per heavy atom. The van der Waals surface area contributed by atoms with Crippen LogP contribution in [0.25, 0.3) is 0 Å². The number of hydrogen-bond donors (Lipinski definition) is 1. The van der Waals surface area contributed by atoms with Crippen molar-refractivity contribution in [2.24, 2.45) is 5.92 Å². The highest BCUT2D eigenvalue weighted by molar-refractivity contribution is 7.99. The van der Waals surface area contributed by atoms with Crippen molar-refractivity contribution >= 4 is 11.8 Å². The van der Waals surface area contributed by atoms with Crippen molar-refractivity contribution in [3.8, 4) is 0 Å². The summed E-state index contributed by atoms with van der Waals surface area (Å²) in [4.78, 5) is 0.751. The number of nitrogens with one attached hydrogen (secondary N) is 1. The van der Waals surface area contributed by atoms with E-state index in [4.69, 9.17) is 0 Å². The van der Waals surface area contributed by atoms with Gasteiger partial charge in [-0.15, -0.1) is 11.8 Å². The number of halogens is 1. The number of rotatable bonds is 6. The summed E-state index contributed by atoms with van der Waals surface area (Å²) in [6, 6.07) is 6.94. The third kappa shape index (κ3) is 4.67. The Labute approximate surface area is 95.5 Å². The molecule has 1 N–H and O–H groups in total. The lowest BCUT2D eigenvalue weighted by Gasteiger charge is -2.11. The molecule has 0 aliphatic heterocycles. The van der Waals surface area contributed by atoms with Crippen LogP contribution in [-0.4, -0.2) is 18.8 Å². The second-order valence-electron chi connectivity index (χ2n) is 3.65. The normalized spacial score (nSPS) is 12.7. The van der Waals surface area contributed by atoms with Crippen LogP contribution < -0.4 is 5.32 Å². The highest BCUT2D eigenvalue weighted by Crippen LogP contribution is 2.23. The quantitative estimate of drug-likeness (QED) is 0.749. The van der Waals surface area contributed by atoms with E-state index in [1.165, 1.54) is 6.07 Å². The fraction of sp³-hybridized carbons (Fsp3) is 0.500. The van der Waals surface area contributed by atoms with Crippen LogP contribution in [0, 0.1) is 11.7 Å². The fourth-order valence-corrected chi connectivity index (χ4v) is 2.21. The first-order valence-corrected chi connectivity index (χ1v) is 6.30. The molecule has 0 saturated carbocycles. The fourth-order valence-electron chi connectivity index (χ4n) is 1.24. The van der Waals surface area contributed by atoms with E-state index in [9.17, 15) is 4.39 Å². The second kappa shape index (κ2) is 6.85. The summed E-state index contributed by atoms with van der Waals surface area (Å²) in [5.41, 5.74) is 0. The molecule has 0 radical (unpaired) electrons. The summed E-state index contributed by atoms with van der Waals surface area (Å²) in [6.45, 7) is 6.26. The Morgan fingerprint density at radius 1 is 1.40 bits per heavy atom. The Bertz CT molecular complexity index is 291. The zero-order valence-electron chi connectivity index (χ0n) is 9.29. The van der Waals surface area contributed by atoms with Gasteiger partial charge in [-0.25, -0.2) is 4.39 Å². The first kappa shape index (κ1) is 12.5. The SMILES string of the molecule is CCNCC(C)CSc1ccccc1F. The average Bonchev–Trinajstić information content (AvgIpc) is 2.25. The predicted molar refractivity (Wildman–Crippen MR) is 64.8 cm³/mol. The van der Waals surface area contributed by atoms with Crippen LogP contribution in [0.15, 0.2) is 29.2 Å². The molecular weight excluding hydrogens is 209 g/mol. The van der Waals surface area contributed by atoms with E-state index in [0.29, 0.717) is 5.92 Å². The molecule has 15 heavy (non-hydrogen) atoms. The van der Waals surface area contributed by atoms with E-state index in [-0.39, 0.29) is 5.82 Å². The molecule has 0 saturated heterocycles. The van der Waals surface area contributed by atoms with Gasteiger partial charge in [0.2, 0.25) is 0 Å². The molecule has 3 heteroatoms. The minimum atomic E-state index is -0.113. The van der Waals surface area contributed by atoms with Gasteiger partial charge < -0.3 is 5.32 Å². The van der Waals surface area contributed by atoms with Gasteiger partial charge in [0.15, 0.2) is 0 Å². The molecule has 0 amide bonds. The van der Waals surface area contributed by atoms with Gasteiger partial charge in [-0.05, 0) is 31.1 Å². The smallest absolute Gasteiger partial charge is 0.136 e. The molecule has 0 aliphatic rings. The van der Waals surface area contributed by atoms with Crippen LogP contribution in [0.4, 0.5) is 4.39 Å². The third-order valence-electron chi connectivity index (χ3n) is 2.10. The Hall–Kier alpha value is -0.540. The highest BCUT2D eigenvalue weighted by Gasteiger charge is 2.05. The third-order valence-corrected chi connectivity index (χ3v) is 3.48. The molecule has 1 aromatic rings. The lowest BCUT2D eigenvalue weighted by Crippen LogP contribution is -2.21. The second-order valence-corrected chi connectivity index (χ2v) is 4.72. The maximum absolute atomic E-state index is 13.3. The van der Waals surface area contributed by atoms with Crippen molar-refractivity contribution in [3.05, 3.63) is 30.1 Å². The van der Waals surface area contributed by atoms with E-state index < -0.39 is 0 Å². The molecule has 0 aliphatic carbocycles. The lowest BCUT2D eigenvalue weighted by molar-refractivity contribution is 0.572. The zero-order valence-corrected chi connectivity index (χ0v) is 10.1. The Morgan fingerprint density at radius 2 is 2.13 bits per heavy atom. The molecule has 84 valence electrons. The van der Waals surface area contributed by atoms with E-state index in [1.54, 1.807) is 17.8 Å². The van der Waals surface area contributed by atoms with E-state index in [0.717, 1.165) is 23.7 Å². The van der Waals surface area contributed by atoms with Crippen LogP contribution >= 0.6 is 11.8 Å². The Kier molecular flexibility index (Phi) is 5.73. The van der Waals surface area contributed by atoms with Gasteiger partial charge in [0, 0.05) is 10.6 Å². The number of hydrogen-bond acceptors (Lipinski definition) is 2. The van der Waals surface area contributed by atoms with Crippen molar-refractivity contribution in [1.82, 2.24) is 5.32 Å². The minimum absolute atomic E-state index is 0.113. The molecule has 1 atom stereocenters. The molecule has 0 aromatic heterocycles. The van der Waals surface area contributed by atoms with Crippen LogP contribution in [0.3, 0.4) is 0 Å². The molecular formula is C12H18FNS. The van der Waals surface area contributed by atoms with Crippen LogP contribution in [0.1, 0.15) is 13.8 Å². The van der Waals surface area contributed by atoms with Crippen molar-refractivity contribution < 1.29 is 4.39 Å². The van der Waals surface area contributed by atoms with E-state index in [1.807, 2.05) is 12.1 Å². The van der Waals surface area contributed by atoms with E-state index in [2.05, 4.69) is 19.2 Å². The van der Waals surface area contributed by atoms with Crippen molar-refractivity contribution in [2.75, 3.05) is 18.8 Å². The average molecular weight is 227 g/mol. The summed E-state index contributed by atoms with van der Waals surface area (Å²) in [5.74, 6) is 1.40. The summed E-state index contributed by atoms with van der Waals surface area (Å²) in [5, 5.41) is 3.29. The monoisotopic (exact) mass is 227 g/mol. The van der Waals surface area contributed by atoms with Gasteiger partial charge in [-0.2, -0.15) is 0 Å². The molecule has 0 fully saturated rings. The summed E-state index contributed by atoms with van der Waals surface area (Å²) >= 11 is 1.59. The largest absolute Gasteiger partial charge is 0.317 e. The summed E-state index contributed by atoms with van der Waals surface area (Å²) in [6.07, 6.45) is 0. The molecule has 0 spiro atoms. The number of thioether (sulfide) groups is 1. The van der Waals surface area contributed by atoms with Gasteiger partial charge in [0.1, 0.15) is 5.82 Å². The maximum atomic E-state index is 13.3. The van der Waals surface area contributed by atoms with Crippen molar-refractivity contribution in [2.45, 2.75) is 18.7 Å². The van der Waals surface area contributed by atoms with Crippen molar-refractivity contribution in [1.29, 1.82) is 0 Å². The number of benzene rings is 1. The van der Waals surface area contributed by atoms with Gasteiger partial charge in [-0.3, -0.25) is 0 Å². The minimum Gasteiger partial charge on any atom is -0.317 e. The lowest BCUT2D eigenvalue weighted by atomic mass is 10.2. The van der Waals surface area contributed by atoms with Crippen LogP contribution in [-0.2, 0) is 0 Å². The molecule has 1 nitrogen and oxygen atoms in total. The zero-order chi connectivity index (χ0) is 11.1. The first-order valence-electron chi connectivity index (χ1n) is 5.32. The summed E-state index contributed by atoms with van der Waals surface area (Å²) < 4.78 is 13.3. The molecule has 0 bridgehead atoms. The van der Waals surface area contributed by atoms with Gasteiger partial charge in [0.25, 0.3) is 0 Å². The maximum Gasteiger partial charge on any atom is 0.136 e. The van der Waals surface area contributed by atoms with E-state index >= 15 is 0 Å². The van der Waals surface area contributed by atoms with Gasteiger partial charge >= 0.3 is 0 Å². The molecule has 1 aromatic carbocycles. The molecule has 1 rings (SSSR count). The highest BCUT2D eigenvalue weighted by atomic mass is 32.2. The van der Waals surface area contributed by atoms with Crippen molar-refractivity contribution in [3.63, 3.8) is 0 Å². The first-order chi connectivity index (χ1) is 7.24. The van der Waals surface area contributed by atoms with Gasteiger partial charge in [-0.1, -0.05) is 26.0 Å². The Balaban J connectivity index is 2.33. The predicted octanol–water partition coefficient (Wildman–Crippen LogP) is 3.16. The molecule has 0 heterocycles. The standard InChI is InChI=1S/C12H18FNS/c1-3-14-8-10(2)9-15-12-7-5-4-6-11(12)13/h4-7,10,14H,3,8-9H2,1-2H3. The topological polar surface area (TPSA) is 12.0 Å². The summed E-state index contributed by atoms with van der Waals surface area (Å²) in [7, 11) is 0. The van der Waals surface area contributed by atoms with Crippen LogP contribution in [0.5, 0.6) is 0 Å². The molecule has 1 unspecified atom stereocenters. The van der Waals surface area contributed by atoms with Crippen LogP contribution in [0.2, 0.25) is 0 Å².